The van der Waals surface area contributed by atoms with Crippen molar-refractivity contribution in [3.8, 4) is 5.75 Å². The van der Waals surface area contributed by atoms with E-state index in [0.29, 0.717) is 16.4 Å². The van der Waals surface area contributed by atoms with Crippen LogP contribution in [0.4, 0.5) is 5.13 Å². The molecule has 1 aromatic carbocycles. The van der Waals surface area contributed by atoms with Crippen molar-refractivity contribution in [2.24, 2.45) is 17.8 Å². The minimum absolute atomic E-state index is 0.110. The fraction of sp³-hybridized carbons (Fsp3) is 0.571. The first-order valence-electron chi connectivity index (χ1n) is 9.83. The minimum Gasteiger partial charge on any atom is -0.496 e. The Morgan fingerprint density at radius 3 is 2.37 bits per heavy atom. The Kier molecular flexibility index (Phi) is 4.00. The Bertz CT molecular complexity index is 843. The zero-order valence-electron chi connectivity index (χ0n) is 15.9. The molecule has 27 heavy (non-hydrogen) atoms. The van der Waals surface area contributed by atoms with Crippen molar-refractivity contribution in [3.63, 3.8) is 0 Å². The Labute approximate surface area is 163 Å². The van der Waals surface area contributed by atoms with Crippen LogP contribution in [-0.4, -0.2) is 30.3 Å². The fourth-order valence-corrected chi connectivity index (χ4v) is 7.05. The maximum Gasteiger partial charge on any atom is 0.263 e. The first-order chi connectivity index (χ1) is 13.1. The molecule has 4 aliphatic rings. The lowest BCUT2D eigenvalue weighted by molar-refractivity contribution is -0.00555. The number of carbonyl (C=O) groups is 1. The van der Waals surface area contributed by atoms with Crippen LogP contribution in [0.25, 0.3) is 0 Å². The number of para-hydroxylation sites is 1. The summed E-state index contributed by atoms with van der Waals surface area (Å²) in [4.78, 5) is 14.6. The predicted molar refractivity (Wildman–Crippen MR) is 105 cm³/mol. The highest BCUT2D eigenvalue weighted by Gasteiger charge is 2.53. The fourth-order valence-electron chi connectivity index (χ4n) is 6.03. The van der Waals surface area contributed by atoms with Gasteiger partial charge in [-0.25, -0.2) is 0 Å². The number of rotatable bonds is 4. The van der Waals surface area contributed by atoms with E-state index in [2.05, 4.69) is 10.2 Å². The number of nitrogens with zero attached hydrogens (tertiary/aromatic N) is 3. The van der Waals surface area contributed by atoms with Gasteiger partial charge in [0.1, 0.15) is 10.8 Å². The number of methoxy groups -OCH3 is 1. The third kappa shape index (κ3) is 2.76. The zero-order chi connectivity index (χ0) is 18.6. The Morgan fingerprint density at radius 2 is 1.74 bits per heavy atom. The van der Waals surface area contributed by atoms with Gasteiger partial charge in [0.05, 0.1) is 12.7 Å². The molecule has 5 nitrogen and oxygen atoms in total. The summed E-state index contributed by atoms with van der Waals surface area (Å²) in [5.74, 6) is 3.09. The van der Waals surface area contributed by atoms with Gasteiger partial charge >= 0.3 is 0 Å². The standard InChI is InChI=1S/C21H25N3O2S/c1-24(18(25)16-5-3-4-6-17(16)26-2)20-23-22-19(27-20)21-10-13-7-14(11-21)9-15(8-13)12-21/h3-6,13-15H,7-12H2,1-2H3. The second kappa shape index (κ2) is 6.30. The molecule has 6 heteroatoms. The van der Waals surface area contributed by atoms with Gasteiger partial charge in [-0.05, 0) is 68.4 Å². The number of benzene rings is 1. The van der Waals surface area contributed by atoms with Crippen molar-refractivity contribution >= 4 is 22.4 Å². The van der Waals surface area contributed by atoms with Gasteiger partial charge < -0.3 is 4.74 Å². The highest BCUT2D eigenvalue weighted by molar-refractivity contribution is 7.15. The molecule has 0 aliphatic heterocycles. The number of carbonyl (C=O) groups excluding carboxylic acids is 1. The molecule has 0 radical (unpaired) electrons. The van der Waals surface area contributed by atoms with E-state index in [0.717, 1.165) is 22.8 Å². The van der Waals surface area contributed by atoms with Gasteiger partial charge in [0.15, 0.2) is 0 Å². The third-order valence-electron chi connectivity index (χ3n) is 6.84. The summed E-state index contributed by atoms with van der Waals surface area (Å²) in [6, 6.07) is 7.32. The molecule has 1 aromatic heterocycles. The van der Waals surface area contributed by atoms with E-state index in [4.69, 9.17) is 4.74 Å². The molecule has 0 saturated heterocycles. The first kappa shape index (κ1) is 17.2. The molecule has 1 heterocycles. The summed E-state index contributed by atoms with van der Waals surface area (Å²) in [7, 11) is 3.36. The third-order valence-corrected chi connectivity index (χ3v) is 8.08. The van der Waals surface area contributed by atoms with Crippen molar-refractivity contribution in [1.82, 2.24) is 10.2 Å². The van der Waals surface area contributed by atoms with E-state index in [1.165, 1.54) is 38.5 Å². The molecule has 4 aliphatic carbocycles. The summed E-state index contributed by atoms with van der Waals surface area (Å²) < 4.78 is 5.34. The molecule has 4 fully saturated rings. The van der Waals surface area contributed by atoms with Gasteiger partial charge in [-0.2, -0.15) is 0 Å². The van der Waals surface area contributed by atoms with Crippen LogP contribution in [0, 0.1) is 17.8 Å². The van der Waals surface area contributed by atoms with Gasteiger partial charge in [0.25, 0.3) is 5.91 Å². The summed E-state index contributed by atoms with van der Waals surface area (Å²) >= 11 is 1.61. The molecular weight excluding hydrogens is 358 g/mol. The van der Waals surface area contributed by atoms with E-state index in [-0.39, 0.29) is 11.3 Å². The highest BCUT2D eigenvalue weighted by Crippen LogP contribution is 2.61. The molecule has 1 amide bonds. The smallest absolute Gasteiger partial charge is 0.263 e. The Hall–Kier alpha value is -1.95. The van der Waals surface area contributed by atoms with Crippen LogP contribution in [0.1, 0.15) is 53.9 Å². The number of hydrogen-bond acceptors (Lipinski definition) is 5. The average Bonchev–Trinajstić information content (AvgIpc) is 3.17. The number of anilines is 1. The van der Waals surface area contributed by atoms with E-state index in [1.54, 1.807) is 36.5 Å². The normalized spacial score (nSPS) is 31.1. The maximum absolute atomic E-state index is 13.0. The van der Waals surface area contributed by atoms with Crippen molar-refractivity contribution in [3.05, 3.63) is 34.8 Å². The quantitative estimate of drug-likeness (QED) is 0.790. The van der Waals surface area contributed by atoms with Gasteiger partial charge in [0.2, 0.25) is 5.13 Å². The second-order valence-electron chi connectivity index (χ2n) is 8.65. The zero-order valence-corrected chi connectivity index (χ0v) is 16.7. The van der Waals surface area contributed by atoms with Crippen LogP contribution < -0.4 is 9.64 Å². The van der Waals surface area contributed by atoms with Crippen LogP contribution in [-0.2, 0) is 5.41 Å². The molecule has 2 aromatic rings. The summed E-state index contributed by atoms with van der Waals surface area (Å²) in [5.41, 5.74) is 0.771. The summed E-state index contributed by atoms with van der Waals surface area (Å²) in [5, 5.41) is 10.8. The number of ether oxygens (including phenoxy) is 1. The molecule has 0 atom stereocenters. The van der Waals surface area contributed by atoms with Gasteiger partial charge in [-0.3, -0.25) is 9.69 Å². The maximum atomic E-state index is 13.0. The molecule has 0 spiro atoms. The van der Waals surface area contributed by atoms with Crippen LogP contribution >= 0.6 is 11.3 Å². The Balaban J connectivity index is 1.41. The largest absolute Gasteiger partial charge is 0.496 e. The van der Waals surface area contributed by atoms with Crippen molar-refractivity contribution < 1.29 is 9.53 Å². The topological polar surface area (TPSA) is 55.3 Å². The van der Waals surface area contributed by atoms with E-state index >= 15 is 0 Å². The SMILES string of the molecule is COc1ccccc1C(=O)N(C)c1nnc(C23CC4CC(CC(C4)C2)C3)s1. The van der Waals surface area contributed by atoms with Crippen LogP contribution in [0.3, 0.4) is 0 Å². The summed E-state index contributed by atoms with van der Waals surface area (Å²) in [6.45, 7) is 0. The van der Waals surface area contributed by atoms with Gasteiger partial charge in [-0.15, -0.1) is 10.2 Å². The molecule has 0 N–H and O–H groups in total. The highest BCUT2D eigenvalue weighted by atomic mass is 32.1. The van der Waals surface area contributed by atoms with Crippen LogP contribution in [0.5, 0.6) is 5.75 Å². The molecular formula is C21H25N3O2S. The predicted octanol–water partition coefficient (Wildman–Crippen LogP) is 4.29. The minimum atomic E-state index is -0.110. The average molecular weight is 384 g/mol. The van der Waals surface area contributed by atoms with Gasteiger partial charge in [-0.1, -0.05) is 23.5 Å². The van der Waals surface area contributed by atoms with Crippen LogP contribution in [0.2, 0.25) is 0 Å². The van der Waals surface area contributed by atoms with Gasteiger partial charge in [0, 0.05) is 12.5 Å². The lowest BCUT2D eigenvalue weighted by atomic mass is 9.50. The summed E-state index contributed by atoms with van der Waals surface area (Å²) in [6.07, 6.45) is 8.03. The number of amides is 1. The van der Waals surface area contributed by atoms with E-state index < -0.39 is 0 Å². The molecule has 142 valence electrons. The first-order valence-corrected chi connectivity index (χ1v) is 10.6. The van der Waals surface area contributed by atoms with Crippen LogP contribution in [0.15, 0.2) is 24.3 Å². The molecule has 0 unspecified atom stereocenters. The number of hydrogen-bond donors (Lipinski definition) is 0. The van der Waals surface area contributed by atoms with Crippen molar-refractivity contribution in [2.75, 3.05) is 19.1 Å². The molecule has 4 bridgehead atoms. The van der Waals surface area contributed by atoms with E-state index in [9.17, 15) is 4.79 Å². The molecule has 6 rings (SSSR count). The molecule has 4 saturated carbocycles. The number of aromatic nitrogens is 2. The van der Waals surface area contributed by atoms with Crippen molar-refractivity contribution in [1.29, 1.82) is 0 Å². The Morgan fingerprint density at radius 1 is 1.11 bits per heavy atom. The lowest BCUT2D eigenvalue weighted by Gasteiger charge is -2.55. The monoisotopic (exact) mass is 383 g/mol. The second-order valence-corrected chi connectivity index (χ2v) is 9.61. The van der Waals surface area contributed by atoms with E-state index in [1.807, 2.05) is 18.2 Å². The lowest BCUT2D eigenvalue weighted by Crippen LogP contribution is -2.48. The van der Waals surface area contributed by atoms with Crippen molar-refractivity contribution in [2.45, 2.75) is 43.9 Å².